The number of hydrogen-bond acceptors (Lipinski definition) is 3. The number of halogens is 1. The molecule has 0 amide bonds. The third-order valence-corrected chi connectivity index (χ3v) is 3.59. The molecular formula is C11H14FNOS. The minimum atomic E-state index is -0.238. The number of thioether (sulfide) groups is 1. The van der Waals surface area contributed by atoms with Crippen LogP contribution in [-0.4, -0.2) is 18.5 Å². The van der Waals surface area contributed by atoms with Gasteiger partial charge in [0, 0.05) is 22.9 Å². The van der Waals surface area contributed by atoms with E-state index in [1.807, 2.05) is 0 Å². The first-order chi connectivity index (χ1) is 7.25. The third-order valence-electron chi connectivity index (χ3n) is 2.40. The van der Waals surface area contributed by atoms with Gasteiger partial charge in [-0.25, -0.2) is 4.39 Å². The van der Waals surface area contributed by atoms with Crippen molar-refractivity contribution in [1.29, 1.82) is 0 Å². The van der Waals surface area contributed by atoms with Gasteiger partial charge in [-0.05, 0) is 31.0 Å². The number of rotatable bonds is 3. The summed E-state index contributed by atoms with van der Waals surface area (Å²) in [6, 6.07) is 4.81. The first kappa shape index (κ1) is 10.8. The van der Waals surface area contributed by atoms with Crippen LogP contribution in [0, 0.1) is 5.82 Å². The Balaban J connectivity index is 1.92. The first-order valence-electron chi connectivity index (χ1n) is 5.05. The minimum absolute atomic E-state index is 0.238. The van der Waals surface area contributed by atoms with Crippen molar-refractivity contribution in [3.8, 4) is 0 Å². The molecule has 1 aromatic rings. The van der Waals surface area contributed by atoms with Crippen LogP contribution in [-0.2, 0) is 4.74 Å². The molecule has 1 aliphatic heterocycles. The van der Waals surface area contributed by atoms with E-state index >= 15 is 0 Å². The molecule has 82 valence electrons. The van der Waals surface area contributed by atoms with Gasteiger partial charge in [0.1, 0.15) is 5.82 Å². The molecule has 0 spiro atoms. The van der Waals surface area contributed by atoms with E-state index in [0.29, 0.717) is 10.6 Å². The highest BCUT2D eigenvalue weighted by molar-refractivity contribution is 7.99. The maximum Gasteiger partial charge on any atom is 0.138 e. The molecule has 1 heterocycles. The van der Waals surface area contributed by atoms with Crippen molar-refractivity contribution in [3.63, 3.8) is 0 Å². The van der Waals surface area contributed by atoms with Gasteiger partial charge in [-0.3, -0.25) is 0 Å². The molecule has 0 aromatic heterocycles. The Morgan fingerprint density at radius 1 is 1.53 bits per heavy atom. The van der Waals surface area contributed by atoms with Crippen LogP contribution in [0.5, 0.6) is 0 Å². The van der Waals surface area contributed by atoms with Crippen molar-refractivity contribution >= 4 is 17.4 Å². The van der Waals surface area contributed by atoms with Crippen molar-refractivity contribution in [2.75, 3.05) is 18.1 Å². The molecule has 1 aromatic carbocycles. The van der Waals surface area contributed by atoms with Crippen LogP contribution in [0.3, 0.4) is 0 Å². The lowest BCUT2D eigenvalue weighted by atomic mass is 10.3. The summed E-state index contributed by atoms with van der Waals surface area (Å²) in [7, 11) is 0. The van der Waals surface area contributed by atoms with Crippen LogP contribution in [0.15, 0.2) is 23.1 Å². The van der Waals surface area contributed by atoms with Gasteiger partial charge < -0.3 is 10.5 Å². The Labute approximate surface area is 93.0 Å². The highest BCUT2D eigenvalue weighted by Crippen LogP contribution is 2.26. The molecule has 4 heteroatoms. The fourth-order valence-corrected chi connectivity index (χ4v) is 2.58. The summed E-state index contributed by atoms with van der Waals surface area (Å²) in [5.41, 5.74) is 5.94. The smallest absolute Gasteiger partial charge is 0.138 e. The van der Waals surface area contributed by atoms with Crippen LogP contribution in [0.4, 0.5) is 10.1 Å². The second kappa shape index (κ2) is 4.86. The van der Waals surface area contributed by atoms with Crippen LogP contribution < -0.4 is 5.73 Å². The zero-order valence-corrected chi connectivity index (χ0v) is 9.23. The molecule has 2 N–H and O–H groups in total. The molecule has 1 fully saturated rings. The van der Waals surface area contributed by atoms with Crippen LogP contribution in [0.2, 0.25) is 0 Å². The molecular weight excluding hydrogens is 213 g/mol. The molecule has 0 aliphatic carbocycles. The Bertz CT molecular complexity index is 339. The normalized spacial score (nSPS) is 20.7. The molecule has 2 rings (SSSR count). The van der Waals surface area contributed by atoms with E-state index in [2.05, 4.69) is 0 Å². The molecule has 15 heavy (non-hydrogen) atoms. The van der Waals surface area contributed by atoms with E-state index in [1.165, 1.54) is 17.8 Å². The summed E-state index contributed by atoms with van der Waals surface area (Å²) in [6.07, 6.45) is 2.49. The molecule has 0 radical (unpaired) electrons. The minimum Gasteiger partial charge on any atom is -0.399 e. The van der Waals surface area contributed by atoms with Crippen molar-refractivity contribution in [3.05, 3.63) is 24.0 Å². The fraction of sp³-hybridized carbons (Fsp3) is 0.455. The van der Waals surface area contributed by atoms with Gasteiger partial charge in [0.05, 0.1) is 6.10 Å². The largest absolute Gasteiger partial charge is 0.399 e. The molecule has 2 nitrogen and oxygen atoms in total. The van der Waals surface area contributed by atoms with Crippen molar-refractivity contribution in [2.45, 2.75) is 23.8 Å². The molecule has 1 atom stereocenters. The predicted octanol–water partition coefficient (Wildman–Crippen LogP) is 2.68. The van der Waals surface area contributed by atoms with Crippen molar-refractivity contribution in [1.82, 2.24) is 0 Å². The molecule has 0 bridgehead atoms. The van der Waals surface area contributed by atoms with Crippen LogP contribution in [0.25, 0.3) is 0 Å². The number of nitrogen functional groups attached to an aromatic ring is 1. The zero-order valence-electron chi connectivity index (χ0n) is 8.41. The summed E-state index contributed by atoms with van der Waals surface area (Å²) < 4.78 is 18.9. The quantitative estimate of drug-likeness (QED) is 0.637. The Morgan fingerprint density at radius 3 is 3.07 bits per heavy atom. The zero-order chi connectivity index (χ0) is 10.7. The Kier molecular flexibility index (Phi) is 3.49. The van der Waals surface area contributed by atoms with Crippen molar-refractivity contribution in [2.24, 2.45) is 0 Å². The summed E-state index contributed by atoms with van der Waals surface area (Å²) in [4.78, 5) is 0.653. The highest BCUT2D eigenvalue weighted by Gasteiger charge is 2.16. The van der Waals surface area contributed by atoms with Crippen molar-refractivity contribution < 1.29 is 9.13 Å². The van der Waals surface area contributed by atoms with E-state index in [9.17, 15) is 4.39 Å². The average Bonchev–Trinajstić information content (AvgIpc) is 2.69. The number of anilines is 1. The number of nitrogens with two attached hydrogens (primary N) is 1. The van der Waals surface area contributed by atoms with Gasteiger partial charge >= 0.3 is 0 Å². The number of ether oxygens (including phenoxy) is 1. The monoisotopic (exact) mass is 227 g/mol. The maximum absolute atomic E-state index is 13.4. The van der Waals surface area contributed by atoms with Gasteiger partial charge in [-0.1, -0.05) is 0 Å². The second-order valence-electron chi connectivity index (χ2n) is 3.64. The van der Waals surface area contributed by atoms with E-state index in [1.54, 1.807) is 12.1 Å². The lowest BCUT2D eigenvalue weighted by Crippen LogP contribution is -2.07. The summed E-state index contributed by atoms with van der Waals surface area (Å²) >= 11 is 1.50. The Morgan fingerprint density at radius 2 is 2.40 bits per heavy atom. The molecule has 1 saturated heterocycles. The fourth-order valence-electron chi connectivity index (χ4n) is 1.59. The topological polar surface area (TPSA) is 35.2 Å². The predicted molar refractivity (Wildman–Crippen MR) is 60.5 cm³/mol. The molecule has 1 unspecified atom stereocenters. The van der Waals surface area contributed by atoms with Gasteiger partial charge in [0.25, 0.3) is 0 Å². The maximum atomic E-state index is 13.4. The average molecular weight is 227 g/mol. The summed E-state index contributed by atoms with van der Waals surface area (Å²) in [5.74, 6) is 0.582. The lowest BCUT2D eigenvalue weighted by Gasteiger charge is -2.09. The SMILES string of the molecule is Nc1ccc(SCC2CCCO2)c(F)c1. The lowest BCUT2D eigenvalue weighted by molar-refractivity contribution is 0.129. The van der Waals surface area contributed by atoms with E-state index in [-0.39, 0.29) is 11.9 Å². The number of benzene rings is 1. The van der Waals surface area contributed by atoms with Gasteiger partial charge in [-0.2, -0.15) is 0 Å². The molecule has 1 aliphatic rings. The summed E-state index contributed by atoms with van der Waals surface area (Å²) in [5, 5.41) is 0. The highest BCUT2D eigenvalue weighted by atomic mass is 32.2. The first-order valence-corrected chi connectivity index (χ1v) is 6.03. The van der Waals surface area contributed by atoms with E-state index < -0.39 is 0 Å². The van der Waals surface area contributed by atoms with Crippen LogP contribution >= 0.6 is 11.8 Å². The van der Waals surface area contributed by atoms with Gasteiger partial charge in [0.2, 0.25) is 0 Å². The van der Waals surface area contributed by atoms with E-state index in [0.717, 1.165) is 25.2 Å². The van der Waals surface area contributed by atoms with E-state index in [4.69, 9.17) is 10.5 Å². The molecule has 0 saturated carbocycles. The Hall–Kier alpha value is -0.740. The summed E-state index contributed by atoms with van der Waals surface area (Å²) in [6.45, 7) is 0.843. The van der Waals surface area contributed by atoms with Crippen LogP contribution in [0.1, 0.15) is 12.8 Å². The number of hydrogen-bond donors (Lipinski definition) is 1. The van der Waals surface area contributed by atoms with Gasteiger partial charge in [0.15, 0.2) is 0 Å². The van der Waals surface area contributed by atoms with Gasteiger partial charge in [-0.15, -0.1) is 11.8 Å². The standard InChI is InChI=1S/C11H14FNOS/c12-10-6-8(13)3-4-11(10)15-7-9-2-1-5-14-9/h3-4,6,9H,1-2,5,7,13H2. The second-order valence-corrected chi connectivity index (χ2v) is 4.70. The third kappa shape index (κ3) is 2.86.